The van der Waals surface area contributed by atoms with Crippen LogP contribution in [0.2, 0.25) is 0 Å². The van der Waals surface area contributed by atoms with Crippen molar-refractivity contribution in [2.75, 3.05) is 20.2 Å². The Kier molecular flexibility index (Phi) is 4.48. The largest absolute Gasteiger partial charge is 0.376 e. The third-order valence-corrected chi connectivity index (χ3v) is 5.13. The molecule has 0 bridgehead atoms. The molecule has 0 saturated carbocycles. The maximum atomic E-state index is 13.6. The number of benzene rings is 1. The Balaban J connectivity index is 1.64. The Morgan fingerprint density at radius 2 is 2.15 bits per heavy atom. The summed E-state index contributed by atoms with van der Waals surface area (Å²) in [7, 11) is 1.75. The van der Waals surface area contributed by atoms with E-state index in [0.29, 0.717) is 17.9 Å². The van der Waals surface area contributed by atoms with Crippen LogP contribution in [0.1, 0.15) is 41.0 Å². The van der Waals surface area contributed by atoms with E-state index >= 15 is 0 Å². The second-order valence-electron chi connectivity index (χ2n) is 6.96. The van der Waals surface area contributed by atoms with Crippen LogP contribution in [0.5, 0.6) is 0 Å². The molecule has 1 saturated heterocycles. The van der Waals surface area contributed by atoms with Crippen LogP contribution in [0.3, 0.4) is 0 Å². The van der Waals surface area contributed by atoms with E-state index in [-0.39, 0.29) is 12.0 Å². The molecule has 138 valence electrons. The van der Waals surface area contributed by atoms with Gasteiger partial charge in [-0.3, -0.25) is 4.79 Å². The van der Waals surface area contributed by atoms with Crippen LogP contribution in [0.4, 0.5) is 8.78 Å². The number of aromatic nitrogens is 2. The lowest BCUT2D eigenvalue weighted by atomic mass is 10.1. The van der Waals surface area contributed by atoms with E-state index in [9.17, 15) is 13.6 Å². The minimum absolute atomic E-state index is 0.0743. The first-order chi connectivity index (χ1) is 12.5. The minimum atomic E-state index is -0.923. The molecule has 0 N–H and O–H groups in total. The lowest BCUT2D eigenvalue weighted by Crippen LogP contribution is -2.34. The molecule has 1 aliphatic carbocycles. The van der Waals surface area contributed by atoms with Gasteiger partial charge < -0.3 is 9.64 Å². The van der Waals surface area contributed by atoms with Gasteiger partial charge >= 0.3 is 0 Å². The normalized spacial score (nSPS) is 19.0. The molecule has 2 heterocycles. The van der Waals surface area contributed by atoms with Gasteiger partial charge in [-0.2, -0.15) is 5.10 Å². The highest BCUT2D eigenvalue weighted by Gasteiger charge is 2.30. The number of hydrogen-bond acceptors (Lipinski definition) is 3. The van der Waals surface area contributed by atoms with Gasteiger partial charge in [0.25, 0.3) is 5.91 Å². The van der Waals surface area contributed by atoms with Crippen LogP contribution in [0.25, 0.3) is 5.69 Å². The quantitative estimate of drug-likeness (QED) is 0.841. The minimum Gasteiger partial charge on any atom is -0.376 e. The smallest absolute Gasteiger partial charge is 0.274 e. The first-order valence-corrected chi connectivity index (χ1v) is 8.98. The summed E-state index contributed by atoms with van der Waals surface area (Å²) in [5.41, 5.74) is 2.66. The van der Waals surface area contributed by atoms with Gasteiger partial charge in [0.15, 0.2) is 17.3 Å². The Hall–Kier alpha value is -2.28. The number of amides is 1. The van der Waals surface area contributed by atoms with Gasteiger partial charge in [0.05, 0.1) is 11.8 Å². The summed E-state index contributed by atoms with van der Waals surface area (Å²) < 4.78 is 34.1. The Morgan fingerprint density at radius 1 is 1.31 bits per heavy atom. The Bertz CT molecular complexity index is 844. The third-order valence-electron chi connectivity index (χ3n) is 5.13. The number of nitrogens with zero attached hydrogens (tertiary/aromatic N) is 3. The van der Waals surface area contributed by atoms with Crippen molar-refractivity contribution in [2.45, 2.75) is 38.2 Å². The Labute approximate surface area is 150 Å². The molecule has 2 aromatic rings. The van der Waals surface area contributed by atoms with Gasteiger partial charge in [0.2, 0.25) is 0 Å². The molecule has 5 nitrogen and oxygen atoms in total. The van der Waals surface area contributed by atoms with E-state index in [4.69, 9.17) is 4.74 Å². The van der Waals surface area contributed by atoms with Gasteiger partial charge in [-0.1, -0.05) is 0 Å². The summed E-state index contributed by atoms with van der Waals surface area (Å²) in [4.78, 5) is 14.6. The van der Waals surface area contributed by atoms with E-state index < -0.39 is 11.6 Å². The second-order valence-corrected chi connectivity index (χ2v) is 6.96. The number of ether oxygens (including phenoxy) is 1. The highest BCUT2D eigenvalue weighted by atomic mass is 19.2. The van der Waals surface area contributed by atoms with Crippen LogP contribution >= 0.6 is 0 Å². The molecule has 1 aromatic carbocycles. The fourth-order valence-corrected chi connectivity index (χ4v) is 3.80. The maximum absolute atomic E-state index is 13.6. The number of halogens is 2. The highest BCUT2D eigenvalue weighted by Crippen LogP contribution is 2.29. The number of likely N-dealkylation sites (N-methyl/N-ethyl adjacent to an activating group) is 1. The molecular formula is C19H21F2N3O2. The zero-order valence-electron chi connectivity index (χ0n) is 14.7. The van der Waals surface area contributed by atoms with Gasteiger partial charge in [-0.15, -0.1) is 0 Å². The zero-order valence-corrected chi connectivity index (χ0v) is 14.7. The summed E-state index contributed by atoms with van der Waals surface area (Å²) in [5.74, 6) is -1.97. The number of fused-ring (bicyclic) bond motifs is 1. The molecular weight excluding hydrogens is 340 g/mol. The van der Waals surface area contributed by atoms with E-state index in [2.05, 4.69) is 5.10 Å². The molecule has 0 spiro atoms. The first-order valence-electron chi connectivity index (χ1n) is 8.98. The van der Waals surface area contributed by atoms with Crippen molar-refractivity contribution >= 4 is 5.91 Å². The lowest BCUT2D eigenvalue weighted by molar-refractivity contribution is 0.0581. The predicted octanol–water partition coefficient (Wildman–Crippen LogP) is 2.89. The molecule has 4 rings (SSSR count). The average molecular weight is 361 g/mol. The van der Waals surface area contributed by atoms with Crippen LogP contribution in [0, 0.1) is 11.6 Å². The third kappa shape index (κ3) is 3.00. The predicted molar refractivity (Wildman–Crippen MR) is 91.4 cm³/mol. The van der Waals surface area contributed by atoms with Crippen molar-refractivity contribution < 1.29 is 18.3 Å². The average Bonchev–Trinajstić information content (AvgIpc) is 3.34. The Morgan fingerprint density at radius 3 is 2.88 bits per heavy atom. The van der Waals surface area contributed by atoms with E-state index in [1.165, 1.54) is 6.07 Å². The van der Waals surface area contributed by atoms with Gasteiger partial charge in [-0.05, 0) is 44.2 Å². The summed E-state index contributed by atoms with van der Waals surface area (Å²) in [6, 6.07) is 3.68. The van der Waals surface area contributed by atoms with Crippen molar-refractivity contribution in [2.24, 2.45) is 0 Å². The zero-order chi connectivity index (χ0) is 18.3. The highest BCUT2D eigenvalue weighted by molar-refractivity contribution is 5.94. The summed E-state index contributed by atoms with van der Waals surface area (Å²) in [5, 5.41) is 4.46. The fraction of sp³-hybridized carbons (Fsp3) is 0.474. The number of rotatable bonds is 4. The van der Waals surface area contributed by atoms with Gasteiger partial charge in [-0.25, -0.2) is 13.5 Å². The van der Waals surface area contributed by atoms with Crippen LogP contribution in [-0.2, 0) is 17.6 Å². The molecule has 1 atom stereocenters. The van der Waals surface area contributed by atoms with Crippen molar-refractivity contribution in [1.29, 1.82) is 0 Å². The molecule has 0 radical (unpaired) electrons. The molecule has 1 amide bonds. The van der Waals surface area contributed by atoms with Crippen LogP contribution in [-0.4, -0.2) is 46.9 Å². The van der Waals surface area contributed by atoms with E-state index in [1.54, 1.807) is 16.6 Å². The molecule has 26 heavy (non-hydrogen) atoms. The van der Waals surface area contributed by atoms with Gasteiger partial charge in [0.1, 0.15) is 0 Å². The van der Waals surface area contributed by atoms with Crippen LogP contribution in [0.15, 0.2) is 18.2 Å². The number of hydrogen-bond donors (Lipinski definition) is 0. The van der Waals surface area contributed by atoms with Crippen LogP contribution < -0.4 is 0 Å². The van der Waals surface area contributed by atoms with Gasteiger partial charge in [0, 0.05) is 37.5 Å². The second kappa shape index (κ2) is 6.79. The molecule has 7 heteroatoms. The van der Waals surface area contributed by atoms with Crippen molar-refractivity contribution in [3.8, 4) is 5.69 Å². The standard InChI is InChI=1S/C19H21F2N3O2/c1-23(11-13-4-3-9-26-13)19(25)18-14-5-2-6-17(14)24(22-18)12-7-8-15(20)16(21)10-12/h7-8,10,13H,2-6,9,11H2,1H3/t13-/m1/s1. The van der Waals surface area contributed by atoms with E-state index in [1.807, 2.05) is 0 Å². The maximum Gasteiger partial charge on any atom is 0.274 e. The number of carbonyl (C=O) groups excluding carboxylic acids is 1. The summed E-state index contributed by atoms with van der Waals surface area (Å²) in [6.07, 6.45) is 4.52. The molecule has 1 aromatic heterocycles. The summed E-state index contributed by atoms with van der Waals surface area (Å²) >= 11 is 0. The monoisotopic (exact) mass is 361 g/mol. The lowest BCUT2D eigenvalue weighted by Gasteiger charge is -2.20. The first kappa shape index (κ1) is 17.1. The van der Waals surface area contributed by atoms with Crippen molar-refractivity contribution in [1.82, 2.24) is 14.7 Å². The summed E-state index contributed by atoms with van der Waals surface area (Å²) in [6.45, 7) is 1.28. The molecule has 0 unspecified atom stereocenters. The molecule has 1 aliphatic heterocycles. The molecule has 1 fully saturated rings. The van der Waals surface area contributed by atoms with Crippen molar-refractivity contribution in [3.63, 3.8) is 0 Å². The fourth-order valence-electron chi connectivity index (χ4n) is 3.80. The topological polar surface area (TPSA) is 47.4 Å². The van der Waals surface area contributed by atoms with E-state index in [0.717, 1.165) is 62.1 Å². The SMILES string of the molecule is CN(C[C@H]1CCCO1)C(=O)c1nn(-c2ccc(F)c(F)c2)c2c1CCC2. The molecule has 2 aliphatic rings. The number of carbonyl (C=O) groups is 1. The van der Waals surface area contributed by atoms with Crippen molar-refractivity contribution in [3.05, 3.63) is 46.8 Å².